The maximum absolute atomic E-state index is 12.3. The highest BCUT2D eigenvalue weighted by Crippen LogP contribution is 2.16. The van der Waals surface area contributed by atoms with Gasteiger partial charge >= 0.3 is 6.03 Å². The number of nitrogens with one attached hydrogen (secondary N) is 1. The molecule has 1 saturated heterocycles. The molecule has 1 atom stereocenters. The molecule has 1 aromatic carbocycles. The molecule has 0 aliphatic carbocycles. The Labute approximate surface area is 138 Å². The maximum Gasteiger partial charge on any atom is 0.317 e. The average molecular weight is 321 g/mol. The van der Waals surface area contributed by atoms with Crippen LogP contribution >= 0.6 is 11.8 Å². The second-order valence-corrected chi connectivity index (χ2v) is 6.95. The molecule has 1 N–H and O–H groups in total. The number of rotatable bonds is 6. The lowest BCUT2D eigenvalue weighted by atomic mass is 10.2. The van der Waals surface area contributed by atoms with Crippen LogP contribution in [-0.2, 0) is 6.54 Å². The van der Waals surface area contributed by atoms with E-state index in [2.05, 4.69) is 41.6 Å². The van der Waals surface area contributed by atoms with Crippen molar-refractivity contribution in [2.75, 3.05) is 32.9 Å². The minimum atomic E-state index is 0.00116. The molecule has 4 nitrogen and oxygen atoms in total. The summed E-state index contributed by atoms with van der Waals surface area (Å²) in [5.74, 6) is 0. The van der Waals surface area contributed by atoms with E-state index in [1.807, 2.05) is 13.1 Å². The second-order valence-electron chi connectivity index (χ2n) is 6.07. The lowest BCUT2D eigenvalue weighted by Gasteiger charge is -2.24. The smallest absolute Gasteiger partial charge is 0.317 e. The molecule has 122 valence electrons. The second kappa shape index (κ2) is 8.44. The SMILES string of the molecule is CSc1cccc(CN(C)C(=O)NC(C)CN2CCCC2)c1. The fourth-order valence-corrected chi connectivity index (χ4v) is 3.32. The van der Waals surface area contributed by atoms with Crippen LogP contribution in [0.2, 0.25) is 0 Å². The third kappa shape index (κ3) is 5.21. The number of likely N-dealkylation sites (tertiary alicyclic amines) is 1. The highest BCUT2D eigenvalue weighted by molar-refractivity contribution is 7.98. The van der Waals surface area contributed by atoms with Crippen molar-refractivity contribution in [3.63, 3.8) is 0 Å². The van der Waals surface area contributed by atoms with Crippen molar-refractivity contribution in [2.24, 2.45) is 0 Å². The average Bonchev–Trinajstić information content (AvgIpc) is 3.00. The van der Waals surface area contributed by atoms with Gasteiger partial charge in [0.2, 0.25) is 0 Å². The number of hydrogen-bond donors (Lipinski definition) is 1. The summed E-state index contributed by atoms with van der Waals surface area (Å²) in [5, 5.41) is 3.10. The van der Waals surface area contributed by atoms with E-state index in [0.29, 0.717) is 6.54 Å². The van der Waals surface area contributed by atoms with Crippen LogP contribution in [0.15, 0.2) is 29.2 Å². The molecule has 1 unspecified atom stereocenters. The van der Waals surface area contributed by atoms with E-state index in [4.69, 9.17) is 0 Å². The number of thioether (sulfide) groups is 1. The first-order valence-corrected chi connectivity index (χ1v) is 9.18. The molecule has 1 aromatic rings. The Balaban J connectivity index is 1.80. The summed E-state index contributed by atoms with van der Waals surface area (Å²) in [6.45, 7) is 5.99. The standard InChI is InChI=1S/C17H27N3OS/c1-14(12-20-9-4-5-10-20)18-17(21)19(2)13-15-7-6-8-16(11-15)22-3/h6-8,11,14H,4-5,9-10,12-13H2,1-3H3,(H,18,21). The van der Waals surface area contributed by atoms with Gasteiger partial charge in [0.1, 0.15) is 0 Å². The molecule has 5 heteroatoms. The van der Waals surface area contributed by atoms with Crippen LogP contribution in [-0.4, -0.2) is 54.8 Å². The van der Waals surface area contributed by atoms with Crippen molar-refractivity contribution in [1.82, 2.24) is 15.1 Å². The molecule has 2 rings (SSSR count). The molecule has 1 fully saturated rings. The molecule has 0 aromatic heterocycles. The van der Waals surface area contributed by atoms with Crippen molar-refractivity contribution in [3.8, 4) is 0 Å². The summed E-state index contributed by atoms with van der Waals surface area (Å²) in [4.78, 5) is 17.7. The Morgan fingerprint density at radius 1 is 1.41 bits per heavy atom. The summed E-state index contributed by atoms with van der Waals surface area (Å²) in [6, 6.07) is 8.53. The first-order chi connectivity index (χ1) is 10.6. The molecule has 0 bridgehead atoms. The summed E-state index contributed by atoms with van der Waals surface area (Å²) >= 11 is 1.72. The van der Waals surface area contributed by atoms with Crippen LogP contribution in [0.25, 0.3) is 0 Å². The van der Waals surface area contributed by atoms with Gasteiger partial charge in [-0.1, -0.05) is 12.1 Å². The molecule has 1 heterocycles. The van der Waals surface area contributed by atoms with Crippen molar-refractivity contribution in [1.29, 1.82) is 0 Å². The largest absolute Gasteiger partial charge is 0.334 e. The van der Waals surface area contributed by atoms with Crippen LogP contribution < -0.4 is 5.32 Å². The van der Waals surface area contributed by atoms with Crippen molar-refractivity contribution >= 4 is 17.8 Å². The predicted molar refractivity (Wildman–Crippen MR) is 93.4 cm³/mol. The van der Waals surface area contributed by atoms with Crippen LogP contribution in [0.5, 0.6) is 0 Å². The van der Waals surface area contributed by atoms with Crippen LogP contribution in [0, 0.1) is 0 Å². The number of nitrogens with zero attached hydrogens (tertiary/aromatic N) is 2. The van der Waals surface area contributed by atoms with E-state index in [9.17, 15) is 4.79 Å². The van der Waals surface area contributed by atoms with Gasteiger partial charge in [-0.2, -0.15) is 0 Å². The lowest BCUT2D eigenvalue weighted by molar-refractivity contribution is 0.198. The van der Waals surface area contributed by atoms with Crippen LogP contribution in [0.4, 0.5) is 4.79 Å². The van der Waals surface area contributed by atoms with E-state index in [0.717, 1.165) is 25.2 Å². The van der Waals surface area contributed by atoms with E-state index in [1.165, 1.54) is 17.7 Å². The normalized spacial score (nSPS) is 16.5. The Kier molecular flexibility index (Phi) is 6.58. The number of carbonyl (C=O) groups is 1. The Hall–Kier alpha value is -1.20. The van der Waals surface area contributed by atoms with E-state index in [-0.39, 0.29) is 12.1 Å². The van der Waals surface area contributed by atoms with Gasteiger partial charge in [0, 0.05) is 31.1 Å². The van der Waals surface area contributed by atoms with Gasteiger partial charge in [0.05, 0.1) is 0 Å². The maximum atomic E-state index is 12.3. The van der Waals surface area contributed by atoms with Gasteiger partial charge < -0.3 is 15.1 Å². The number of urea groups is 1. The molecular weight excluding hydrogens is 294 g/mol. The molecule has 2 amide bonds. The molecule has 1 aliphatic heterocycles. The Morgan fingerprint density at radius 3 is 2.82 bits per heavy atom. The zero-order chi connectivity index (χ0) is 15.9. The Bertz CT molecular complexity index is 489. The quantitative estimate of drug-likeness (QED) is 0.818. The van der Waals surface area contributed by atoms with Gasteiger partial charge in [-0.15, -0.1) is 11.8 Å². The lowest BCUT2D eigenvalue weighted by Crippen LogP contribution is -2.46. The molecule has 0 radical (unpaired) electrons. The van der Waals surface area contributed by atoms with Crippen LogP contribution in [0.1, 0.15) is 25.3 Å². The highest BCUT2D eigenvalue weighted by atomic mass is 32.2. The topological polar surface area (TPSA) is 35.6 Å². The number of benzene rings is 1. The monoisotopic (exact) mass is 321 g/mol. The molecule has 0 saturated carbocycles. The van der Waals surface area contributed by atoms with Gasteiger partial charge in [0.25, 0.3) is 0 Å². The fraction of sp³-hybridized carbons (Fsp3) is 0.588. The molecular formula is C17H27N3OS. The summed E-state index contributed by atoms with van der Waals surface area (Å²) in [5.41, 5.74) is 1.16. The summed E-state index contributed by atoms with van der Waals surface area (Å²) < 4.78 is 0. The fourth-order valence-electron chi connectivity index (χ4n) is 2.84. The molecule has 0 spiro atoms. The van der Waals surface area contributed by atoms with Crippen molar-refractivity contribution in [2.45, 2.75) is 37.2 Å². The minimum Gasteiger partial charge on any atom is -0.334 e. The molecule has 1 aliphatic rings. The predicted octanol–water partition coefficient (Wildman–Crippen LogP) is 3.03. The number of carbonyl (C=O) groups excluding carboxylic acids is 1. The molecule has 22 heavy (non-hydrogen) atoms. The van der Waals surface area contributed by atoms with Gasteiger partial charge in [-0.05, 0) is 56.8 Å². The third-order valence-electron chi connectivity index (χ3n) is 4.00. The van der Waals surface area contributed by atoms with Gasteiger partial charge in [-0.25, -0.2) is 4.79 Å². The zero-order valence-corrected chi connectivity index (χ0v) is 14.7. The minimum absolute atomic E-state index is 0.00116. The van der Waals surface area contributed by atoms with Gasteiger partial charge in [0.15, 0.2) is 0 Å². The Morgan fingerprint density at radius 2 is 2.14 bits per heavy atom. The summed E-state index contributed by atoms with van der Waals surface area (Å²) in [7, 11) is 1.85. The van der Waals surface area contributed by atoms with E-state index < -0.39 is 0 Å². The first-order valence-electron chi connectivity index (χ1n) is 7.95. The third-order valence-corrected chi connectivity index (χ3v) is 4.73. The number of amides is 2. The van der Waals surface area contributed by atoms with Crippen LogP contribution in [0.3, 0.4) is 0 Å². The highest BCUT2D eigenvalue weighted by Gasteiger charge is 2.17. The first kappa shape index (κ1) is 17.2. The number of hydrogen-bond acceptors (Lipinski definition) is 3. The zero-order valence-electron chi connectivity index (χ0n) is 13.8. The summed E-state index contributed by atoms with van der Waals surface area (Å²) in [6.07, 6.45) is 4.63. The van der Waals surface area contributed by atoms with E-state index >= 15 is 0 Å². The van der Waals surface area contributed by atoms with E-state index in [1.54, 1.807) is 16.7 Å². The van der Waals surface area contributed by atoms with Crippen molar-refractivity contribution in [3.05, 3.63) is 29.8 Å². The van der Waals surface area contributed by atoms with Gasteiger partial charge in [-0.3, -0.25) is 0 Å². The van der Waals surface area contributed by atoms with Crippen molar-refractivity contribution < 1.29 is 4.79 Å².